The molecule has 42 heavy (non-hydrogen) atoms. The van der Waals surface area contributed by atoms with Crippen LogP contribution in [0, 0.1) is 5.82 Å². The van der Waals surface area contributed by atoms with E-state index >= 15 is 0 Å². The molecule has 10 nitrogen and oxygen atoms in total. The molecule has 0 spiro atoms. The number of nitrogens with zero attached hydrogens (tertiary/aromatic N) is 1. The van der Waals surface area contributed by atoms with Crippen LogP contribution in [0.3, 0.4) is 0 Å². The summed E-state index contributed by atoms with van der Waals surface area (Å²) in [5, 5.41) is 6.23. The molecule has 1 aromatic heterocycles. The fourth-order valence-electron chi connectivity index (χ4n) is 4.94. The van der Waals surface area contributed by atoms with Gasteiger partial charge in [-0.2, -0.15) is 0 Å². The largest absolute Gasteiger partial charge is 0.446 e. The number of ether oxygens (including phenoxy) is 1. The molecule has 1 heterocycles. The van der Waals surface area contributed by atoms with Crippen LogP contribution in [-0.2, 0) is 14.8 Å². The number of nitrogens with one attached hydrogen (secondary N) is 3. The molecular weight excluding hydrogens is 581 g/mol. The van der Waals surface area contributed by atoms with Gasteiger partial charge in [-0.15, -0.1) is 11.3 Å². The number of sulfonamides is 1. The van der Waals surface area contributed by atoms with E-state index in [1.165, 1.54) is 23.5 Å². The van der Waals surface area contributed by atoms with Gasteiger partial charge in [0.15, 0.2) is 0 Å². The molecule has 1 saturated carbocycles. The van der Waals surface area contributed by atoms with Gasteiger partial charge in [-0.3, -0.25) is 0 Å². The Hall–Kier alpha value is -3.55. The van der Waals surface area contributed by atoms with Crippen LogP contribution in [0.5, 0.6) is 0 Å². The van der Waals surface area contributed by atoms with Crippen LogP contribution in [0.25, 0.3) is 10.4 Å². The summed E-state index contributed by atoms with van der Waals surface area (Å²) in [6.45, 7) is 6.88. The van der Waals surface area contributed by atoms with E-state index in [1.54, 1.807) is 64.2 Å². The smallest absolute Gasteiger partial charge is 0.404 e. The lowest BCUT2D eigenvalue weighted by atomic mass is 9.88. The van der Waals surface area contributed by atoms with E-state index < -0.39 is 39.5 Å². The molecule has 0 saturated heterocycles. The van der Waals surface area contributed by atoms with Gasteiger partial charge in [0.2, 0.25) is 10.0 Å². The summed E-state index contributed by atoms with van der Waals surface area (Å²) in [7, 11) is -4.01. The van der Waals surface area contributed by atoms with Crippen molar-refractivity contribution < 1.29 is 27.1 Å². The molecule has 0 radical (unpaired) electrons. The summed E-state index contributed by atoms with van der Waals surface area (Å²) in [6.07, 6.45) is 3.57. The van der Waals surface area contributed by atoms with Crippen molar-refractivity contribution in [3.63, 3.8) is 0 Å². The highest BCUT2D eigenvalue weighted by Gasteiger charge is 2.29. The molecular formula is C29H36FN5O5S2. The SMILES string of the molecule is C[C@H](NC(=O)Nc1ccc(-c2cnc(C3CCC(OC(N)=O)CC3)s2)c(S(=O)(=O)NC(C)(C)C)c1)c1ccccc1F. The van der Waals surface area contributed by atoms with Crippen LogP contribution >= 0.6 is 11.3 Å². The average Bonchev–Trinajstić information content (AvgIpc) is 3.38. The van der Waals surface area contributed by atoms with Crippen molar-refractivity contribution in [1.29, 1.82) is 0 Å². The third-order valence-corrected chi connectivity index (χ3v) is 9.78. The van der Waals surface area contributed by atoms with Crippen molar-refractivity contribution in [3.8, 4) is 10.4 Å². The molecule has 0 unspecified atom stereocenters. The lowest BCUT2D eigenvalue weighted by Gasteiger charge is -2.26. The number of urea groups is 1. The van der Waals surface area contributed by atoms with Gasteiger partial charge in [-0.05, 0) is 71.6 Å². The zero-order chi connectivity index (χ0) is 30.7. The first-order valence-corrected chi connectivity index (χ1v) is 15.9. The van der Waals surface area contributed by atoms with E-state index in [0.29, 0.717) is 28.8 Å². The van der Waals surface area contributed by atoms with Gasteiger partial charge in [0.25, 0.3) is 0 Å². The van der Waals surface area contributed by atoms with E-state index in [-0.39, 0.29) is 22.6 Å². The maximum Gasteiger partial charge on any atom is 0.404 e. The summed E-state index contributed by atoms with van der Waals surface area (Å²) < 4.78 is 49.1. The zero-order valence-electron chi connectivity index (χ0n) is 23.9. The van der Waals surface area contributed by atoms with Gasteiger partial charge in [0, 0.05) is 34.5 Å². The minimum Gasteiger partial charge on any atom is -0.446 e. The maximum atomic E-state index is 14.2. The third kappa shape index (κ3) is 8.05. The molecule has 5 N–H and O–H groups in total. The summed E-state index contributed by atoms with van der Waals surface area (Å²) in [5.74, 6) is -0.280. The predicted molar refractivity (Wildman–Crippen MR) is 160 cm³/mol. The highest BCUT2D eigenvalue weighted by Crippen LogP contribution is 2.40. The first-order valence-electron chi connectivity index (χ1n) is 13.6. The van der Waals surface area contributed by atoms with Crippen LogP contribution in [0.4, 0.5) is 19.7 Å². The number of carbonyl (C=O) groups is 2. The molecule has 3 amide bonds. The molecule has 4 rings (SSSR count). The standard InChI is InChI=1S/C29H36FN5O5S2/c1-17(21-7-5-6-8-23(21)30)33-28(37)34-19-11-14-22(25(15-19)42(38,39)35-29(2,3)4)24-16-32-26(41-24)18-9-12-20(13-10-18)40-27(31)36/h5-8,11,14-18,20,35H,9-10,12-13H2,1-4H3,(H2,31,36)(H2,33,34,37)/t17-,18?,20?/m0/s1. The molecule has 2 aromatic carbocycles. The minimum absolute atomic E-state index is 0.00820. The lowest BCUT2D eigenvalue weighted by Crippen LogP contribution is -2.40. The van der Waals surface area contributed by atoms with Gasteiger partial charge in [-0.25, -0.2) is 32.1 Å². The molecule has 13 heteroatoms. The van der Waals surface area contributed by atoms with E-state index in [0.717, 1.165) is 17.8 Å². The normalized spacial score (nSPS) is 18.2. The summed E-state index contributed by atoms with van der Waals surface area (Å²) in [5.41, 5.74) is 5.43. The summed E-state index contributed by atoms with van der Waals surface area (Å²) in [6, 6.07) is 9.58. The predicted octanol–water partition coefficient (Wildman–Crippen LogP) is 6.03. The molecule has 0 aliphatic heterocycles. The number of anilines is 1. The molecule has 0 bridgehead atoms. The topological polar surface area (TPSA) is 153 Å². The Morgan fingerprint density at radius 2 is 1.81 bits per heavy atom. The van der Waals surface area contributed by atoms with Crippen LogP contribution < -0.4 is 21.1 Å². The summed E-state index contributed by atoms with van der Waals surface area (Å²) >= 11 is 1.41. The second-order valence-electron chi connectivity index (χ2n) is 11.4. The molecule has 1 atom stereocenters. The molecule has 1 aliphatic rings. The Balaban J connectivity index is 1.57. The number of carbonyl (C=O) groups excluding carboxylic acids is 2. The van der Waals surface area contributed by atoms with Gasteiger partial charge < -0.3 is 21.1 Å². The number of rotatable bonds is 8. The van der Waals surface area contributed by atoms with Crippen molar-refractivity contribution in [3.05, 3.63) is 65.0 Å². The Bertz CT molecular complexity index is 1550. The molecule has 3 aromatic rings. The Morgan fingerprint density at radius 1 is 1.12 bits per heavy atom. The number of aromatic nitrogens is 1. The van der Waals surface area contributed by atoms with E-state index in [4.69, 9.17) is 10.5 Å². The second kappa shape index (κ2) is 12.8. The fourth-order valence-corrected chi connectivity index (χ4v) is 7.80. The number of halogens is 1. The van der Waals surface area contributed by atoms with E-state index in [2.05, 4.69) is 20.3 Å². The molecule has 226 valence electrons. The van der Waals surface area contributed by atoms with Crippen molar-refractivity contribution in [2.24, 2.45) is 5.73 Å². The molecule has 1 aliphatic carbocycles. The fraction of sp³-hybridized carbons (Fsp3) is 0.414. The maximum absolute atomic E-state index is 14.2. The number of benzene rings is 2. The van der Waals surface area contributed by atoms with Gasteiger partial charge >= 0.3 is 12.1 Å². The number of primary amides is 1. The third-order valence-electron chi connectivity index (χ3n) is 6.78. The van der Waals surface area contributed by atoms with Gasteiger partial charge in [0.05, 0.1) is 20.8 Å². The Morgan fingerprint density at radius 3 is 2.45 bits per heavy atom. The number of nitrogens with two attached hydrogens (primary N) is 1. The number of amides is 3. The van der Waals surface area contributed by atoms with Crippen molar-refractivity contribution >= 4 is 39.2 Å². The number of hydrogen-bond donors (Lipinski definition) is 4. The number of hydrogen-bond acceptors (Lipinski definition) is 7. The van der Waals surface area contributed by atoms with Crippen LogP contribution in [0.15, 0.2) is 53.6 Å². The monoisotopic (exact) mass is 617 g/mol. The molecule has 1 fully saturated rings. The second-order valence-corrected chi connectivity index (χ2v) is 14.1. The zero-order valence-corrected chi connectivity index (χ0v) is 25.6. The van der Waals surface area contributed by atoms with Crippen molar-refractivity contribution in [2.75, 3.05) is 5.32 Å². The van der Waals surface area contributed by atoms with E-state index in [9.17, 15) is 22.4 Å². The summed E-state index contributed by atoms with van der Waals surface area (Å²) in [4.78, 5) is 29.1. The highest BCUT2D eigenvalue weighted by atomic mass is 32.2. The highest BCUT2D eigenvalue weighted by molar-refractivity contribution is 7.89. The van der Waals surface area contributed by atoms with Gasteiger partial charge in [0.1, 0.15) is 11.9 Å². The van der Waals surface area contributed by atoms with Crippen LogP contribution in [-0.4, -0.2) is 37.2 Å². The van der Waals surface area contributed by atoms with E-state index in [1.807, 2.05) is 0 Å². The quantitative estimate of drug-likeness (QED) is 0.242. The average molecular weight is 618 g/mol. The van der Waals surface area contributed by atoms with Crippen LogP contribution in [0.1, 0.15) is 75.9 Å². The minimum atomic E-state index is -4.01. The van der Waals surface area contributed by atoms with Crippen molar-refractivity contribution in [1.82, 2.24) is 15.0 Å². The van der Waals surface area contributed by atoms with Crippen molar-refractivity contribution in [2.45, 2.75) is 81.9 Å². The Kier molecular flexibility index (Phi) is 9.53. The first kappa shape index (κ1) is 31.4. The number of thiazole rings is 1. The first-order chi connectivity index (χ1) is 19.7. The Labute approximate surface area is 249 Å². The van der Waals surface area contributed by atoms with Crippen LogP contribution in [0.2, 0.25) is 0 Å². The van der Waals surface area contributed by atoms with Gasteiger partial charge in [-0.1, -0.05) is 24.3 Å². The lowest BCUT2D eigenvalue weighted by molar-refractivity contribution is 0.0787.